The molecule has 0 N–H and O–H groups in total. The van der Waals surface area contributed by atoms with Crippen molar-refractivity contribution in [3.63, 3.8) is 0 Å². The van der Waals surface area contributed by atoms with E-state index < -0.39 is 5.82 Å². The molecule has 0 saturated heterocycles. The molecule has 5 heteroatoms. The lowest BCUT2D eigenvalue weighted by molar-refractivity contribution is -0.117. The van der Waals surface area contributed by atoms with Gasteiger partial charge < -0.3 is 0 Å². The predicted molar refractivity (Wildman–Crippen MR) is 80.3 cm³/mol. The van der Waals surface area contributed by atoms with Gasteiger partial charge in [0.25, 0.3) is 0 Å². The Hall–Kier alpha value is -1.09. The molecule has 0 aliphatic rings. The first-order valence-electron chi connectivity index (χ1n) is 5.86. The molecule has 0 aromatic heterocycles. The van der Waals surface area contributed by atoms with E-state index in [0.717, 1.165) is 0 Å². The van der Waals surface area contributed by atoms with E-state index in [-0.39, 0.29) is 23.6 Å². The van der Waals surface area contributed by atoms with Gasteiger partial charge in [-0.15, -0.1) is 0 Å². The van der Waals surface area contributed by atoms with Gasteiger partial charge in [-0.3, -0.25) is 4.79 Å². The maximum Gasteiger partial charge on any atom is 0.142 e. The number of halogens is 4. The number of rotatable bonds is 4. The second-order valence-corrected chi connectivity index (χ2v) is 5.56. The van der Waals surface area contributed by atoms with Gasteiger partial charge in [0, 0.05) is 22.9 Å². The summed E-state index contributed by atoms with van der Waals surface area (Å²) in [5.41, 5.74) is 1.16. The molecule has 2 rings (SSSR count). The fourth-order valence-electron chi connectivity index (χ4n) is 1.84. The molecule has 104 valence electrons. The summed E-state index contributed by atoms with van der Waals surface area (Å²) >= 11 is 17.6. The molecule has 0 bridgehead atoms. The summed E-state index contributed by atoms with van der Waals surface area (Å²) in [5, 5.41) is 0.943. The average Bonchev–Trinajstić information content (AvgIpc) is 2.38. The van der Waals surface area contributed by atoms with Crippen molar-refractivity contribution in [1.29, 1.82) is 0 Å². The molecule has 0 atom stereocenters. The first kappa shape index (κ1) is 15.3. The van der Waals surface area contributed by atoms with Gasteiger partial charge in [0.1, 0.15) is 11.6 Å². The molecular formula is C15H10Cl3FO. The number of ketones is 1. The molecule has 20 heavy (non-hydrogen) atoms. The Morgan fingerprint density at radius 1 is 1.00 bits per heavy atom. The Balaban J connectivity index is 2.11. The highest BCUT2D eigenvalue weighted by atomic mass is 35.5. The molecule has 0 spiro atoms. The average molecular weight is 332 g/mol. The lowest BCUT2D eigenvalue weighted by Gasteiger charge is -2.06. The third-order valence-corrected chi connectivity index (χ3v) is 3.83. The molecule has 0 heterocycles. The molecule has 0 amide bonds. The van der Waals surface area contributed by atoms with E-state index in [1.165, 1.54) is 12.1 Å². The summed E-state index contributed by atoms with van der Waals surface area (Å²) < 4.78 is 13.3. The van der Waals surface area contributed by atoms with Crippen LogP contribution in [0.5, 0.6) is 0 Å². The van der Waals surface area contributed by atoms with E-state index in [4.69, 9.17) is 34.8 Å². The van der Waals surface area contributed by atoms with Crippen LogP contribution in [0.4, 0.5) is 4.39 Å². The van der Waals surface area contributed by atoms with Gasteiger partial charge in [0.2, 0.25) is 0 Å². The van der Waals surface area contributed by atoms with Gasteiger partial charge in [-0.2, -0.15) is 0 Å². The highest BCUT2D eigenvalue weighted by Crippen LogP contribution is 2.23. The van der Waals surface area contributed by atoms with Crippen LogP contribution in [0, 0.1) is 5.82 Å². The quantitative estimate of drug-likeness (QED) is 0.758. The topological polar surface area (TPSA) is 17.1 Å². The summed E-state index contributed by atoms with van der Waals surface area (Å²) in [6, 6.07) is 9.38. The van der Waals surface area contributed by atoms with Gasteiger partial charge in [-0.1, -0.05) is 53.0 Å². The summed E-state index contributed by atoms with van der Waals surface area (Å²) in [4.78, 5) is 12.0. The van der Waals surface area contributed by atoms with E-state index in [2.05, 4.69) is 0 Å². The largest absolute Gasteiger partial charge is 0.299 e. The minimum absolute atomic E-state index is 0.0111. The van der Waals surface area contributed by atoms with E-state index in [0.29, 0.717) is 21.2 Å². The van der Waals surface area contributed by atoms with Crippen LogP contribution in [0.3, 0.4) is 0 Å². The van der Waals surface area contributed by atoms with Crippen molar-refractivity contribution in [3.05, 3.63) is 68.4 Å². The van der Waals surface area contributed by atoms with E-state index in [1.54, 1.807) is 24.3 Å². The van der Waals surface area contributed by atoms with Crippen LogP contribution in [-0.4, -0.2) is 5.78 Å². The van der Waals surface area contributed by atoms with Gasteiger partial charge in [0.05, 0.1) is 5.02 Å². The minimum Gasteiger partial charge on any atom is -0.299 e. The molecule has 1 nitrogen and oxygen atoms in total. The summed E-state index contributed by atoms with van der Waals surface area (Å²) in [7, 11) is 0. The molecule has 0 saturated carbocycles. The fourth-order valence-corrected chi connectivity index (χ4v) is 2.51. The summed E-state index contributed by atoms with van der Waals surface area (Å²) in [6.45, 7) is 0. The highest BCUT2D eigenvalue weighted by molar-refractivity contribution is 6.35. The molecule has 0 aliphatic heterocycles. The van der Waals surface area contributed by atoms with Crippen LogP contribution in [0.1, 0.15) is 11.1 Å². The lowest BCUT2D eigenvalue weighted by Crippen LogP contribution is -2.07. The van der Waals surface area contributed by atoms with Gasteiger partial charge >= 0.3 is 0 Å². The van der Waals surface area contributed by atoms with Gasteiger partial charge in [-0.25, -0.2) is 4.39 Å². The van der Waals surface area contributed by atoms with Crippen molar-refractivity contribution in [2.45, 2.75) is 12.8 Å². The smallest absolute Gasteiger partial charge is 0.142 e. The van der Waals surface area contributed by atoms with Crippen molar-refractivity contribution in [2.24, 2.45) is 0 Å². The fraction of sp³-hybridized carbons (Fsp3) is 0.133. The van der Waals surface area contributed by atoms with Crippen LogP contribution in [-0.2, 0) is 17.6 Å². The number of hydrogen-bond acceptors (Lipinski definition) is 1. The maximum absolute atomic E-state index is 13.3. The Kier molecular flexibility index (Phi) is 5.03. The molecule has 0 fully saturated rings. The first-order chi connectivity index (χ1) is 9.47. The van der Waals surface area contributed by atoms with Crippen LogP contribution in [0.25, 0.3) is 0 Å². The molecule has 2 aromatic rings. The van der Waals surface area contributed by atoms with Gasteiger partial charge in [-0.05, 0) is 29.3 Å². The first-order valence-corrected chi connectivity index (χ1v) is 6.99. The third kappa shape index (κ3) is 3.72. The van der Waals surface area contributed by atoms with Crippen molar-refractivity contribution >= 4 is 40.6 Å². The Morgan fingerprint density at radius 2 is 1.70 bits per heavy atom. The SMILES string of the molecule is O=C(Cc1ccc(Cl)cc1Cl)Cc1cccc(F)c1Cl. The van der Waals surface area contributed by atoms with E-state index in [9.17, 15) is 9.18 Å². The number of carbonyl (C=O) groups is 1. The number of Topliss-reactive ketones (excluding diaryl/α,β-unsaturated/α-hetero) is 1. The minimum atomic E-state index is -0.526. The molecule has 0 aliphatic carbocycles. The highest BCUT2D eigenvalue weighted by Gasteiger charge is 2.12. The van der Waals surface area contributed by atoms with Crippen LogP contribution in [0.2, 0.25) is 15.1 Å². The van der Waals surface area contributed by atoms with Crippen molar-refractivity contribution < 1.29 is 9.18 Å². The van der Waals surface area contributed by atoms with Gasteiger partial charge in [0.15, 0.2) is 0 Å². The second-order valence-electron chi connectivity index (χ2n) is 4.34. The van der Waals surface area contributed by atoms with E-state index in [1.807, 2.05) is 0 Å². The zero-order valence-corrected chi connectivity index (χ0v) is 12.6. The van der Waals surface area contributed by atoms with Crippen LogP contribution in [0.15, 0.2) is 36.4 Å². The van der Waals surface area contributed by atoms with E-state index >= 15 is 0 Å². The molecule has 0 unspecified atom stereocenters. The van der Waals surface area contributed by atoms with Crippen LogP contribution < -0.4 is 0 Å². The molecule has 0 radical (unpaired) electrons. The summed E-state index contributed by atoms with van der Waals surface area (Å²) in [6.07, 6.45) is 0.221. The maximum atomic E-state index is 13.3. The third-order valence-electron chi connectivity index (χ3n) is 2.82. The zero-order valence-electron chi connectivity index (χ0n) is 10.3. The van der Waals surface area contributed by atoms with Crippen molar-refractivity contribution in [2.75, 3.05) is 0 Å². The molecule has 2 aromatic carbocycles. The number of benzene rings is 2. The predicted octanol–water partition coefficient (Wildman–Crippen LogP) is 5.14. The lowest BCUT2D eigenvalue weighted by atomic mass is 10.0. The van der Waals surface area contributed by atoms with Crippen molar-refractivity contribution in [3.8, 4) is 0 Å². The Bertz CT molecular complexity index is 656. The number of hydrogen-bond donors (Lipinski definition) is 0. The van der Waals surface area contributed by atoms with Crippen molar-refractivity contribution in [1.82, 2.24) is 0 Å². The standard InChI is InChI=1S/C15H10Cl3FO/c16-11-5-4-9(13(17)8-11)6-12(20)7-10-2-1-3-14(19)15(10)18/h1-5,8H,6-7H2. The second kappa shape index (κ2) is 6.57. The summed E-state index contributed by atoms with van der Waals surface area (Å²) in [5.74, 6) is -0.622. The van der Waals surface area contributed by atoms with Crippen LogP contribution >= 0.6 is 34.8 Å². The monoisotopic (exact) mass is 330 g/mol. The number of carbonyl (C=O) groups excluding carboxylic acids is 1. The molecular weight excluding hydrogens is 322 g/mol. The zero-order chi connectivity index (χ0) is 14.7. The Labute approximate surface area is 131 Å². The normalized spacial score (nSPS) is 10.6. The Morgan fingerprint density at radius 3 is 2.40 bits per heavy atom.